The van der Waals surface area contributed by atoms with E-state index in [-0.39, 0.29) is 11.7 Å². The van der Waals surface area contributed by atoms with E-state index < -0.39 is 0 Å². The van der Waals surface area contributed by atoms with E-state index in [1.54, 1.807) is 28.9 Å². The number of rotatable bonds is 8. The van der Waals surface area contributed by atoms with Crippen LogP contribution in [-0.4, -0.2) is 15.7 Å². The second kappa shape index (κ2) is 10.3. The van der Waals surface area contributed by atoms with Gasteiger partial charge in [-0.1, -0.05) is 49.4 Å². The molecule has 0 spiro atoms. The van der Waals surface area contributed by atoms with Crippen molar-refractivity contribution in [3.63, 3.8) is 0 Å². The number of nitrogens with one attached hydrogen (secondary N) is 1. The van der Waals surface area contributed by atoms with Crippen molar-refractivity contribution in [2.24, 2.45) is 0 Å². The summed E-state index contributed by atoms with van der Waals surface area (Å²) >= 11 is 0. The smallest absolute Gasteiger partial charge is 0.255 e. The highest BCUT2D eigenvalue weighted by atomic mass is 19.1. The second-order valence-electron chi connectivity index (χ2n) is 8.24. The monoisotopic (exact) mass is 457 g/mol. The minimum Gasteiger partial charge on any atom is -0.489 e. The number of carbonyl (C=O) groups excluding carboxylic acids is 1. The minimum atomic E-state index is -0.277. The number of aryl methyl sites for hydroxylation is 2. The van der Waals surface area contributed by atoms with Crippen LogP contribution in [0.15, 0.2) is 72.8 Å². The van der Waals surface area contributed by atoms with Gasteiger partial charge in [0.25, 0.3) is 5.91 Å². The maximum Gasteiger partial charge on any atom is 0.255 e. The molecule has 1 N–H and O–H groups in total. The average Bonchev–Trinajstić information content (AvgIpc) is 3.12. The third-order valence-electron chi connectivity index (χ3n) is 5.82. The minimum absolute atomic E-state index is 0.231. The Balaban J connectivity index is 1.44. The molecule has 5 nitrogen and oxygen atoms in total. The van der Waals surface area contributed by atoms with Gasteiger partial charge >= 0.3 is 0 Å². The van der Waals surface area contributed by atoms with Crippen molar-refractivity contribution in [3.8, 4) is 5.75 Å². The first kappa shape index (κ1) is 23.2. The van der Waals surface area contributed by atoms with Gasteiger partial charge < -0.3 is 10.1 Å². The summed E-state index contributed by atoms with van der Waals surface area (Å²) in [6.07, 6.45) is 0.985. The molecule has 4 aromatic rings. The SMILES string of the molecule is CCc1ccc(OCc2cccc(C(=O)Nc3c(C)nn(Cc4ccccc4F)c3C)c2)cc1. The highest BCUT2D eigenvalue weighted by Gasteiger charge is 2.16. The lowest BCUT2D eigenvalue weighted by Gasteiger charge is -2.10. The van der Waals surface area contributed by atoms with Gasteiger partial charge in [-0.05, 0) is 61.7 Å². The predicted molar refractivity (Wildman–Crippen MR) is 132 cm³/mol. The van der Waals surface area contributed by atoms with Crippen LogP contribution >= 0.6 is 0 Å². The van der Waals surface area contributed by atoms with E-state index in [2.05, 4.69) is 29.5 Å². The Hall–Kier alpha value is -3.93. The molecule has 0 saturated carbocycles. The molecule has 0 aliphatic heterocycles. The molecular weight excluding hydrogens is 429 g/mol. The van der Waals surface area contributed by atoms with Crippen molar-refractivity contribution >= 4 is 11.6 Å². The lowest BCUT2D eigenvalue weighted by atomic mass is 10.1. The Labute approximate surface area is 199 Å². The zero-order valence-electron chi connectivity index (χ0n) is 19.6. The fraction of sp³-hybridized carbons (Fsp3) is 0.214. The summed E-state index contributed by atoms with van der Waals surface area (Å²) in [5.74, 6) is 0.285. The Bertz CT molecular complexity index is 1300. The van der Waals surface area contributed by atoms with E-state index in [0.717, 1.165) is 23.4 Å². The molecule has 1 aromatic heterocycles. The van der Waals surface area contributed by atoms with Crippen LogP contribution < -0.4 is 10.1 Å². The van der Waals surface area contributed by atoms with Crippen molar-refractivity contribution in [1.29, 1.82) is 0 Å². The normalized spacial score (nSPS) is 10.8. The maximum absolute atomic E-state index is 14.1. The van der Waals surface area contributed by atoms with Gasteiger partial charge in [-0.2, -0.15) is 5.10 Å². The molecule has 0 radical (unpaired) electrons. The van der Waals surface area contributed by atoms with Gasteiger partial charge in [-0.3, -0.25) is 9.48 Å². The van der Waals surface area contributed by atoms with Gasteiger partial charge in [-0.15, -0.1) is 0 Å². The van der Waals surface area contributed by atoms with Gasteiger partial charge in [0.05, 0.1) is 23.6 Å². The third kappa shape index (κ3) is 5.34. The zero-order valence-corrected chi connectivity index (χ0v) is 19.6. The van der Waals surface area contributed by atoms with Gasteiger partial charge in [0.1, 0.15) is 18.2 Å². The van der Waals surface area contributed by atoms with E-state index in [1.807, 2.05) is 44.2 Å². The van der Waals surface area contributed by atoms with E-state index in [9.17, 15) is 9.18 Å². The molecule has 1 heterocycles. The summed E-state index contributed by atoms with van der Waals surface area (Å²) in [6, 6.07) is 22.0. The molecule has 1 amide bonds. The Morgan fingerprint density at radius 2 is 1.76 bits per heavy atom. The third-order valence-corrected chi connectivity index (χ3v) is 5.82. The van der Waals surface area contributed by atoms with Gasteiger partial charge in [-0.25, -0.2) is 4.39 Å². The molecule has 0 bridgehead atoms. The lowest BCUT2D eigenvalue weighted by molar-refractivity contribution is 0.102. The first-order valence-electron chi connectivity index (χ1n) is 11.3. The highest BCUT2D eigenvalue weighted by molar-refractivity contribution is 6.05. The number of carbonyl (C=O) groups is 1. The number of anilines is 1. The van der Waals surface area contributed by atoms with Gasteiger partial charge in [0.15, 0.2) is 0 Å². The van der Waals surface area contributed by atoms with Gasteiger partial charge in [0, 0.05) is 11.1 Å². The average molecular weight is 458 g/mol. The van der Waals surface area contributed by atoms with E-state index in [1.165, 1.54) is 11.6 Å². The first-order chi connectivity index (χ1) is 16.4. The molecule has 174 valence electrons. The van der Waals surface area contributed by atoms with Crippen LogP contribution in [0.2, 0.25) is 0 Å². The number of nitrogens with zero attached hydrogens (tertiary/aromatic N) is 2. The zero-order chi connectivity index (χ0) is 24.1. The molecule has 6 heteroatoms. The fourth-order valence-electron chi connectivity index (χ4n) is 3.80. The number of amides is 1. The standard InChI is InChI=1S/C28H28FN3O2/c1-4-21-12-14-25(15-13-21)34-18-22-8-7-10-23(16-22)28(33)30-27-19(2)31-32(20(27)3)17-24-9-5-6-11-26(24)29/h5-16H,4,17-18H2,1-3H3,(H,30,33). The molecular formula is C28H28FN3O2. The number of hydrogen-bond donors (Lipinski definition) is 1. The largest absolute Gasteiger partial charge is 0.489 e. The molecule has 0 unspecified atom stereocenters. The molecule has 0 fully saturated rings. The van der Waals surface area contributed by atoms with Crippen LogP contribution in [-0.2, 0) is 19.6 Å². The van der Waals surface area contributed by atoms with E-state index in [0.29, 0.717) is 35.7 Å². The summed E-state index contributed by atoms with van der Waals surface area (Å²) in [5, 5.41) is 7.47. The van der Waals surface area contributed by atoms with Crippen molar-refractivity contribution in [2.75, 3.05) is 5.32 Å². The van der Waals surface area contributed by atoms with Gasteiger partial charge in [0.2, 0.25) is 0 Å². The first-order valence-corrected chi connectivity index (χ1v) is 11.3. The van der Waals surface area contributed by atoms with Crippen molar-refractivity contribution in [2.45, 2.75) is 40.3 Å². The van der Waals surface area contributed by atoms with Crippen molar-refractivity contribution < 1.29 is 13.9 Å². The Kier molecular flexibility index (Phi) is 7.07. The molecule has 0 aliphatic carbocycles. The predicted octanol–water partition coefficient (Wildman–Crippen LogP) is 6.08. The number of halogens is 1. The molecule has 4 rings (SSSR count). The van der Waals surface area contributed by atoms with Crippen LogP contribution in [0.4, 0.5) is 10.1 Å². The second-order valence-corrected chi connectivity index (χ2v) is 8.24. The van der Waals surface area contributed by atoms with E-state index >= 15 is 0 Å². The summed E-state index contributed by atoms with van der Waals surface area (Å²) in [5.41, 5.74) is 5.32. The van der Waals surface area contributed by atoms with Crippen molar-refractivity contribution in [1.82, 2.24) is 9.78 Å². The summed E-state index contributed by atoms with van der Waals surface area (Å²) in [6.45, 7) is 6.47. The fourth-order valence-corrected chi connectivity index (χ4v) is 3.80. The molecule has 0 saturated heterocycles. The molecule has 34 heavy (non-hydrogen) atoms. The van der Waals surface area contributed by atoms with Crippen LogP contribution in [0, 0.1) is 19.7 Å². The lowest BCUT2D eigenvalue weighted by Crippen LogP contribution is -2.14. The topological polar surface area (TPSA) is 56.1 Å². The van der Waals surface area contributed by atoms with E-state index in [4.69, 9.17) is 4.74 Å². The summed E-state index contributed by atoms with van der Waals surface area (Å²) < 4.78 is 21.7. The Morgan fingerprint density at radius 3 is 2.50 bits per heavy atom. The van der Waals surface area contributed by atoms with Crippen LogP contribution in [0.5, 0.6) is 5.75 Å². The number of ether oxygens (including phenoxy) is 1. The quantitative estimate of drug-likeness (QED) is 0.349. The number of aromatic nitrogens is 2. The maximum atomic E-state index is 14.1. The summed E-state index contributed by atoms with van der Waals surface area (Å²) in [7, 11) is 0. The molecule has 3 aromatic carbocycles. The summed E-state index contributed by atoms with van der Waals surface area (Å²) in [4.78, 5) is 13.0. The van der Waals surface area contributed by atoms with Crippen LogP contribution in [0.25, 0.3) is 0 Å². The van der Waals surface area contributed by atoms with Crippen molar-refractivity contribution in [3.05, 3.63) is 112 Å². The highest BCUT2D eigenvalue weighted by Crippen LogP contribution is 2.22. The molecule has 0 aliphatic rings. The Morgan fingerprint density at radius 1 is 1.00 bits per heavy atom. The molecule has 0 atom stereocenters. The number of benzene rings is 3. The number of hydrogen-bond acceptors (Lipinski definition) is 3. The van der Waals surface area contributed by atoms with Crippen LogP contribution in [0.3, 0.4) is 0 Å². The van der Waals surface area contributed by atoms with Crippen LogP contribution in [0.1, 0.15) is 45.4 Å².